The normalized spacial score (nSPS) is 11.9. The summed E-state index contributed by atoms with van der Waals surface area (Å²) < 4.78 is 10.4. The van der Waals surface area contributed by atoms with E-state index in [0.717, 1.165) is 5.75 Å². The maximum atomic E-state index is 11.9. The molecule has 1 rings (SSSR count). The van der Waals surface area contributed by atoms with E-state index in [1.807, 2.05) is 0 Å². The molecule has 0 fully saturated rings. The molecule has 0 bridgehead atoms. The number of rotatable bonds is 8. The van der Waals surface area contributed by atoms with E-state index in [-0.39, 0.29) is 12.2 Å². The number of ketones is 1. The molecule has 0 amide bonds. The molecule has 0 saturated carbocycles. The topological polar surface area (TPSA) is 59.3 Å². The van der Waals surface area contributed by atoms with Gasteiger partial charge in [-0.3, -0.25) is 4.79 Å². The first-order valence-electron chi connectivity index (χ1n) is 6.72. The van der Waals surface area contributed by atoms with Crippen LogP contribution < -0.4 is 4.74 Å². The second-order valence-corrected chi connectivity index (χ2v) is 5.05. The van der Waals surface area contributed by atoms with E-state index in [0.29, 0.717) is 24.7 Å². The molecule has 0 radical (unpaired) electrons. The van der Waals surface area contributed by atoms with Gasteiger partial charge in [-0.1, -0.05) is 26.0 Å². The molecular weight excluding hydrogens is 254 g/mol. The molecule has 4 heteroatoms. The summed E-state index contributed by atoms with van der Waals surface area (Å²) in [5.74, 6) is 0.357. The van der Waals surface area contributed by atoms with Crippen molar-refractivity contribution < 1.29 is 14.3 Å². The maximum Gasteiger partial charge on any atom is 0.156 e. The van der Waals surface area contributed by atoms with Crippen LogP contribution >= 0.6 is 0 Å². The molecule has 4 nitrogen and oxygen atoms in total. The SMILES string of the molecule is COCCC(=O)C(C#N)c1ccc(OCC(C)C)cc1. The summed E-state index contributed by atoms with van der Waals surface area (Å²) in [5.41, 5.74) is 0.700. The highest BCUT2D eigenvalue weighted by Gasteiger charge is 2.19. The molecule has 0 heterocycles. The minimum absolute atomic E-state index is 0.120. The number of hydrogen-bond acceptors (Lipinski definition) is 4. The van der Waals surface area contributed by atoms with Gasteiger partial charge in [-0.05, 0) is 23.6 Å². The van der Waals surface area contributed by atoms with Gasteiger partial charge in [0, 0.05) is 13.5 Å². The van der Waals surface area contributed by atoms with Crippen LogP contribution in [0.25, 0.3) is 0 Å². The summed E-state index contributed by atoms with van der Waals surface area (Å²) >= 11 is 0. The summed E-state index contributed by atoms with van der Waals surface area (Å²) in [6.45, 7) is 5.14. The zero-order chi connectivity index (χ0) is 15.0. The summed E-state index contributed by atoms with van der Waals surface area (Å²) in [6.07, 6.45) is 0.250. The first-order chi connectivity index (χ1) is 9.58. The van der Waals surface area contributed by atoms with Crippen LogP contribution in [0.2, 0.25) is 0 Å². The third kappa shape index (κ3) is 5.02. The van der Waals surface area contributed by atoms with Crippen LogP contribution in [0.1, 0.15) is 31.7 Å². The number of hydrogen-bond donors (Lipinski definition) is 0. The van der Waals surface area contributed by atoms with Crippen molar-refractivity contribution in [2.24, 2.45) is 5.92 Å². The van der Waals surface area contributed by atoms with E-state index in [9.17, 15) is 4.79 Å². The lowest BCUT2D eigenvalue weighted by atomic mass is 9.94. The van der Waals surface area contributed by atoms with Crippen molar-refractivity contribution in [3.8, 4) is 11.8 Å². The van der Waals surface area contributed by atoms with Crippen LogP contribution in [0.3, 0.4) is 0 Å². The van der Waals surface area contributed by atoms with Crippen molar-refractivity contribution in [2.45, 2.75) is 26.2 Å². The van der Waals surface area contributed by atoms with E-state index in [1.54, 1.807) is 24.3 Å². The standard InChI is InChI=1S/C16H21NO3/c1-12(2)11-20-14-6-4-13(5-7-14)15(10-17)16(18)8-9-19-3/h4-7,12,15H,8-9,11H2,1-3H3. The predicted octanol–water partition coefficient (Wildman–Crippen LogP) is 2.93. The van der Waals surface area contributed by atoms with E-state index < -0.39 is 5.92 Å². The van der Waals surface area contributed by atoms with Gasteiger partial charge in [-0.25, -0.2) is 0 Å². The quantitative estimate of drug-likeness (QED) is 0.732. The Kier molecular flexibility index (Phi) is 6.75. The monoisotopic (exact) mass is 275 g/mol. The average Bonchev–Trinajstić information content (AvgIpc) is 2.45. The van der Waals surface area contributed by atoms with Crippen LogP contribution in [0.5, 0.6) is 5.75 Å². The van der Waals surface area contributed by atoms with Crippen molar-refractivity contribution in [3.05, 3.63) is 29.8 Å². The van der Waals surface area contributed by atoms with Crippen molar-refractivity contribution in [3.63, 3.8) is 0 Å². The van der Waals surface area contributed by atoms with Crippen molar-refractivity contribution in [1.82, 2.24) is 0 Å². The lowest BCUT2D eigenvalue weighted by molar-refractivity contribution is -0.120. The molecule has 0 spiro atoms. The second kappa shape index (κ2) is 8.34. The Bertz CT molecular complexity index is 460. The molecule has 0 aromatic heterocycles. The lowest BCUT2D eigenvalue weighted by Gasteiger charge is -2.11. The van der Waals surface area contributed by atoms with E-state index >= 15 is 0 Å². The third-order valence-electron chi connectivity index (χ3n) is 2.80. The third-order valence-corrected chi connectivity index (χ3v) is 2.80. The van der Waals surface area contributed by atoms with Crippen LogP contribution in [0, 0.1) is 17.2 Å². The van der Waals surface area contributed by atoms with Crippen LogP contribution in [0.15, 0.2) is 24.3 Å². The van der Waals surface area contributed by atoms with Gasteiger partial charge in [0.1, 0.15) is 11.7 Å². The Labute approximate surface area is 120 Å². The lowest BCUT2D eigenvalue weighted by Crippen LogP contribution is -2.13. The highest BCUT2D eigenvalue weighted by molar-refractivity contribution is 5.88. The molecule has 0 saturated heterocycles. The van der Waals surface area contributed by atoms with Crippen LogP contribution in [0.4, 0.5) is 0 Å². The molecule has 108 valence electrons. The van der Waals surface area contributed by atoms with Crippen molar-refractivity contribution in [1.29, 1.82) is 5.26 Å². The molecule has 1 unspecified atom stereocenters. The predicted molar refractivity (Wildman–Crippen MR) is 76.6 cm³/mol. The number of benzene rings is 1. The Morgan fingerprint density at radius 1 is 1.30 bits per heavy atom. The fourth-order valence-electron chi connectivity index (χ4n) is 1.70. The largest absolute Gasteiger partial charge is 0.493 e. The minimum Gasteiger partial charge on any atom is -0.493 e. The number of methoxy groups -OCH3 is 1. The van der Waals surface area contributed by atoms with Gasteiger partial charge in [0.15, 0.2) is 5.78 Å². The van der Waals surface area contributed by atoms with Gasteiger partial charge in [0.25, 0.3) is 0 Å². The van der Waals surface area contributed by atoms with Crippen molar-refractivity contribution >= 4 is 5.78 Å². The first kappa shape index (κ1) is 16.2. The molecule has 1 aromatic rings. The number of nitriles is 1. The summed E-state index contributed by atoms with van der Waals surface area (Å²) in [7, 11) is 1.54. The summed E-state index contributed by atoms with van der Waals surface area (Å²) in [4.78, 5) is 11.9. The average molecular weight is 275 g/mol. The van der Waals surface area contributed by atoms with Crippen molar-refractivity contribution in [2.75, 3.05) is 20.3 Å². The molecule has 0 aliphatic rings. The number of nitrogens with zero attached hydrogens (tertiary/aromatic N) is 1. The zero-order valence-corrected chi connectivity index (χ0v) is 12.3. The maximum absolute atomic E-state index is 11.9. The van der Waals surface area contributed by atoms with Gasteiger partial charge in [-0.2, -0.15) is 5.26 Å². The minimum atomic E-state index is -0.732. The molecule has 20 heavy (non-hydrogen) atoms. The smallest absolute Gasteiger partial charge is 0.156 e. The van der Waals surface area contributed by atoms with E-state index in [1.165, 1.54) is 7.11 Å². The van der Waals surface area contributed by atoms with Gasteiger partial charge in [0.2, 0.25) is 0 Å². The molecule has 0 aliphatic heterocycles. The summed E-state index contributed by atoms with van der Waals surface area (Å²) in [6, 6.07) is 9.19. The molecule has 1 atom stereocenters. The van der Waals surface area contributed by atoms with E-state index in [4.69, 9.17) is 14.7 Å². The Balaban J connectivity index is 2.70. The molecule has 0 aliphatic carbocycles. The number of carbonyl (C=O) groups excluding carboxylic acids is 1. The second-order valence-electron chi connectivity index (χ2n) is 5.05. The molecule has 1 aromatic carbocycles. The number of carbonyl (C=O) groups is 1. The molecule has 0 N–H and O–H groups in total. The van der Waals surface area contributed by atoms with Gasteiger partial charge in [-0.15, -0.1) is 0 Å². The van der Waals surface area contributed by atoms with Gasteiger partial charge >= 0.3 is 0 Å². The Morgan fingerprint density at radius 2 is 1.95 bits per heavy atom. The highest BCUT2D eigenvalue weighted by atomic mass is 16.5. The van der Waals surface area contributed by atoms with Crippen LogP contribution in [-0.2, 0) is 9.53 Å². The van der Waals surface area contributed by atoms with Crippen LogP contribution in [-0.4, -0.2) is 26.1 Å². The highest BCUT2D eigenvalue weighted by Crippen LogP contribution is 2.21. The Hall–Kier alpha value is -1.86. The van der Waals surface area contributed by atoms with Gasteiger partial charge in [0.05, 0.1) is 19.3 Å². The molecular formula is C16H21NO3. The number of Topliss-reactive ketones (excluding diaryl/α,β-unsaturated/α-hetero) is 1. The zero-order valence-electron chi connectivity index (χ0n) is 12.3. The summed E-state index contributed by atoms with van der Waals surface area (Å²) in [5, 5.41) is 9.15. The fourth-order valence-corrected chi connectivity index (χ4v) is 1.70. The number of ether oxygens (including phenoxy) is 2. The first-order valence-corrected chi connectivity index (χ1v) is 6.72. The van der Waals surface area contributed by atoms with E-state index in [2.05, 4.69) is 19.9 Å². The fraction of sp³-hybridized carbons (Fsp3) is 0.500. The Morgan fingerprint density at radius 3 is 2.45 bits per heavy atom. The van der Waals surface area contributed by atoms with Gasteiger partial charge < -0.3 is 9.47 Å².